The number of thiophene rings is 1. The van der Waals surface area contributed by atoms with E-state index in [1.54, 1.807) is 24.6 Å². The molecule has 5 heteroatoms. The van der Waals surface area contributed by atoms with Gasteiger partial charge in [-0.1, -0.05) is 42.2 Å². The van der Waals surface area contributed by atoms with Crippen LogP contribution in [0, 0.1) is 18.0 Å². The lowest BCUT2D eigenvalue weighted by molar-refractivity contribution is 0.414. The molecule has 0 aliphatic heterocycles. The molecule has 0 spiro atoms. The van der Waals surface area contributed by atoms with Crippen LogP contribution in [-0.4, -0.2) is 21.5 Å². The number of hydrogen-bond donors (Lipinski definition) is 0. The minimum absolute atomic E-state index is 0.671. The molecule has 0 aliphatic carbocycles. The molecular weight excluding hydrogens is 402 g/mol. The molecule has 0 saturated carbocycles. The van der Waals surface area contributed by atoms with Crippen molar-refractivity contribution in [3.05, 3.63) is 107 Å². The van der Waals surface area contributed by atoms with Crippen LogP contribution in [0.5, 0.6) is 5.75 Å². The molecule has 0 bridgehead atoms. The van der Waals surface area contributed by atoms with Crippen molar-refractivity contribution < 1.29 is 4.74 Å². The largest absolute Gasteiger partial charge is 0.497 e. The summed E-state index contributed by atoms with van der Waals surface area (Å²) in [6.07, 6.45) is 7.69. The number of ether oxygens (including phenoxy) is 1. The number of benzene rings is 2. The fourth-order valence-electron chi connectivity index (χ4n) is 3.31. The molecule has 0 atom stereocenters. The van der Waals surface area contributed by atoms with Gasteiger partial charge in [0, 0.05) is 24.4 Å². The highest BCUT2D eigenvalue weighted by Gasteiger charge is 2.12. The second-order valence-corrected chi connectivity index (χ2v) is 8.03. The van der Waals surface area contributed by atoms with E-state index in [9.17, 15) is 0 Å². The van der Waals surface area contributed by atoms with E-state index in [1.807, 2.05) is 71.3 Å². The zero-order chi connectivity index (χ0) is 21.0. The van der Waals surface area contributed by atoms with Crippen molar-refractivity contribution in [1.82, 2.24) is 14.4 Å². The summed E-state index contributed by atoms with van der Waals surface area (Å²) < 4.78 is 7.24. The average molecular weight is 421 g/mol. The normalized spacial score (nSPS) is 10.6. The van der Waals surface area contributed by atoms with Crippen molar-refractivity contribution in [2.24, 2.45) is 0 Å². The fourth-order valence-corrected chi connectivity index (χ4v) is 4.11. The quantitative estimate of drug-likeness (QED) is 0.373. The number of imidazole rings is 1. The van der Waals surface area contributed by atoms with Crippen molar-refractivity contribution >= 4 is 17.0 Å². The van der Waals surface area contributed by atoms with Crippen LogP contribution in [0.4, 0.5) is 0 Å². The summed E-state index contributed by atoms with van der Waals surface area (Å²) in [5, 5.41) is 0. The van der Waals surface area contributed by atoms with Gasteiger partial charge in [-0.25, -0.2) is 4.98 Å². The van der Waals surface area contributed by atoms with Crippen LogP contribution >= 0.6 is 11.3 Å². The number of fused-ring (bicyclic) bond motifs is 1. The summed E-state index contributed by atoms with van der Waals surface area (Å²) in [5.41, 5.74) is 4.64. The first-order chi connectivity index (χ1) is 15.3. The maximum absolute atomic E-state index is 5.34. The van der Waals surface area contributed by atoms with Crippen LogP contribution in [0.15, 0.2) is 79.1 Å². The van der Waals surface area contributed by atoms with Crippen LogP contribution < -0.4 is 4.74 Å². The van der Waals surface area contributed by atoms with Crippen molar-refractivity contribution in [2.45, 2.75) is 6.42 Å². The Hall–Kier alpha value is -3.88. The predicted molar refractivity (Wildman–Crippen MR) is 123 cm³/mol. The minimum atomic E-state index is 0.671. The van der Waals surface area contributed by atoms with Gasteiger partial charge in [0.1, 0.15) is 17.6 Å². The van der Waals surface area contributed by atoms with Gasteiger partial charge >= 0.3 is 0 Å². The summed E-state index contributed by atoms with van der Waals surface area (Å²) in [6, 6.07) is 22.1. The van der Waals surface area contributed by atoms with Crippen LogP contribution in [0.1, 0.15) is 21.7 Å². The van der Waals surface area contributed by atoms with Gasteiger partial charge in [0.15, 0.2) is 5.65 Å². The van der Waals surface area contributed by atoms with Gasteiger partial charge < -0.3 is 4.74 Å². The molecule has 0 fully saturated rings. The Balaban J connectivity index is 1.44. The maximum atomic E-state index is 5.34. The van der Waals surface area contributed by atoms with Crippen LogP contribution in [0.2, 0.25) is 0 Å². The zero-order valence-electron chi connectivity index (χ0n) is 16.9. The smallest absolute Gasteiger partial charge is 0.160 e. The summed E-state index contributed by atoms with van der Waals surface area (Å²) >= 11 is 1.62. The maximum Gasteiger partial charge on any atom is 0.160 e. The number of methoxy groups -OCH3 is 1. The SMILES string of the molecule is COc1cccc(Cc2nccn3[c]c(-c4ccc(C#Cc5ccccc5)s4)nc23)c1. The topological polar surface area (TPSA) is 39.4 Å². The molecule has 149 valence electrons. The average Bonchev–Trinajstić information content (AvgIpc) is 3.46. The molecule has 0 saturated heterocycles. The van der Waals surface area contributed by atoms with E-state index in [-0.39, 0.29) is 0 Å². The Labute approximate surface area is 184 Å². The van der Waals surface area contributed by atoms with Gasteiger partial charge in [-0.05, 0) is 42.0 Å². The Morgan fingerprint density at radius 1 is 1.03 bits per heavy atom. The van der Waals surface area contributed by atoms with E-state index in [2.05, 4.69) is 29.1 Å². The van der Waals surface area contributed by atoms with Crippen LogP contribution in [0.25, 0.3) is 16.2 Å². The molecule has 31 heavy (non-hydrogen) atoms. The van der Waals surface area contributed by atoms with Crippen LogP contribution in [0.3, 0.4) is 0 Å². The molecule has 3 heterocycles. The Kier molecular flexibility index (Phi) is 5.22. The van der Waals surface area contributed by atoms with Crippen LogP contribution in [-0.2, 0) is 6.42 Å². The third kappa shape index (κ3) is 4.20. The van der Waals surface area contributed by atoms with E-state index >= 15 is 0 Å². The highest BCUT2D eigenvalue weighted by molar-refractivity contribution is 7.16. The highest BCUT2D eigenvalue weighted by atomic mass is 32.1. The number of hydrogen-bond acceptors (Lipinski definition) is 4. The van der Waals surface area contributed by atoms with Gasteiger partial charge in [0.05, 0.1) is 22.6 Å². The van der Waals surface area contributed by atoms with Crippen molar-refractivity contribution in [3.63, 3.8) is 0 Å². The number of rotatable bonds is 4. The lowest BCUT2D eigenvalue weighted by atomic mass is 10.1. The first-order valence-electron chi connectivity index (χ1n) is 9.84. The lowest BCUT2D eigenvalue weighted by Gasteiger charge is -2.05. The lowest BCUT2D eigenvalue weighted by Crippen LogP contribution is -1.97. The van der Waals surface area contributed by atoms with Crippen molar-refractivity contribution in [3.8, 4) is 28.2 Å². The van der Waals surface area contributed by atoms with E-state index in [4.69, 9.17) is 9.72 Å². The molecule has 0 amide bonds. The first kappa shape index (κ1) is 19.1. The third-order valence-electron chi connectivity index (χ3n) is 4.83. The Morgan fingerprint density at radius 2 is 1.94 bits per heavy atom. The molecule has 5 aromatic rings. The summed E-state index contributed by atoms with van der Waals surface area (Å²) in [4.78, 5) is 11.4. The van der Waals surface area contributed by atoms with Gasteiger partial charge in [-0.2, -0.15) is 0 Å². The number of aromatic nitrogens is 3. The predicted octanol–water partition coefficient (Wildman–Crippen LogP) is 5.26. The van der Waals surface area contributed by atoms with E-state index in [0.717, 1.165) is 43.7 Å². The third-order valence-corrected chi connectivity index (χ3v) is 5.83. The molecule has 0 unspecified atom stereocenters. The van der Waals surface area contributed by atoms with Gasteiger partial charge in [0.25, 0.3) is 0 Å². The van der Waals surface area contributed by atoms with Gasteiger partial charge in [-0.15, -0.1) is 11.3 Å². The highest BCUT2D eigenvalue weighted by Crippen LogP contribution is 2.28. The van der Waals surface area contributed by atoms with Crippen molar-refractivity contribution in [1.29, 1.82) is 0 Å². The monoisotopic (exact) mass is 420 g/mol. The van der Waals surface area contributed by atoms with Gasteiger partial charge in [-0.3, -0.25) is 9.38 Å². The van der Waals surface area contributed by atoms with Gasteiger partial charge in [0.2, 0.25) is 0 Å². The molecule has 0 aliphatic rings. The molecule has 4 nitrogen and oxygen atoms in total. The zero-order valence-corrected chi connectivity index (χ0v) is 17.7. The summed E-state index contributed by atoms with van der Waals surface area (Å²) in [5.74, 6) is 7.27. The molecule has 0 N–H and O–H groups in total. The molecule has 5 rings (SSSR count). The van der Waals surface area contributed by atoms with E-state index in [0.29, 0.717) is 6.42 Å². The second-order valence-electron chi connectivity index (χ2n) is 6.95. The molecular formula is C26H18N3OS. The first-order valence-corrected chi connectivity index (χ1v) is 10.7. The summed E-state index contributed by atoms with van der Waals surface area (Å²) in [6.45, 7) is 0. The minimum Gasteiger partial charge on any atom is -0.497 e. The number of nitrogens with zero attached hydrogens (tertiary/aromatic N) is 3. The Morgan fingerprint density at radius 3 is 2.81 bits per heavy atom. The van der Waals surface area contributed by atoms with E-state index in [1.165, 1.54) is 0 Å². The van der Waals surface area contributed by atoms with E-state index < -0.39 is 0 Å². The fraction of sp³-hybridized carbons (Fsp3) is 0.0769. The van der Waals surface area contributed by atoms with Crippen molar-refractivity contribution in [2.75, 3.05) is 7.11 Å². The second kappa shape index (κ2) is 8.47. The molecule has 1 radical (unpaired) electrons. The standard InChI is InChI=1S/C26H18N3OS/c1-30-21-9-5-8-20(16-21)17-23-26-28-24(18-29(26)15-14-27-23)25-13-12-22(31-25)11-10-19-6-3-2-4-7-19/h2-9,12-16H,17H2,1H3. The summed E-state index contributed by atoms with van der Waals surface area (Å²) in [7, 11) is 1.67. The Bertz CT molecular complexity index is 1410. The molecule has 3 aromatic heterocycles. The molecule has 2 aromatic carbocycles.